The summed E-state index contributed by atoms with van der Waals surface area (Å²) in [6.07, 6.45) is 2.82. The van der Waals surface area contributed by atoms with Gasteiger partial charge in [-0.05, 0) is 30.9 Å². The molecule has 110 valence electrons. The second kappa shape index (κ2) is 7.19. The van der Waals surface area contributed by atoms with Crippen LogP contribution in [0, 0.1) is 11.8 Å². The molecule has 0 saturated carbocycles. The number of rotatable bonds is 4. The Balaban J connectivity index is 2.04. The van der Waals surface area contributed by atoms with Crippen LogP contribution in [0.3, 0.4) is 0 Å². The number of amides is 3. The molecule has 2 rings (SSSR count). The molecule has 1 aromatic rings. The van der Waals surface area contributed by atoms with Crippen molar-refractivity contribution in [3.05, 3.63) is 29.8 Å². The number of urea groups is 1. The van der Waals surface area contributed by atoms with Gasteiger partial charge in [0.05, 0.1) is 12.5 Å². The lowest BCUT2D eigenvalue weighted by Gasteiger charge is -2.31. The summed E-state index contributed by atoms with van der Waals surface area (Å²) in [4.78, 5) is 26.6. The highest BCUT2D eigenvalue weighted by atomic mass is 32.2. The maximum atomic E-state index is 12.1. The van der Waals surface area contributed by atoms with Crippen molar-refractivity contribution in [2.75, 3.05) is 12.8 Å². The number of imide groups is 1. The maximum absolute atomic E-state index is 12.1. The molecule has 21 heavy (non-hydrogen) atoms. The smallest absolute Gasteiger partial charge is 0.324 e. The lowest BCUT2D eigenvalue weighted by molar-refractivity contribution is -0.130. The van der Waals surface area contributed by atoms with Crippen molar-refractivity contribution in [2.45, 2.75) is 30.7 Å². The molecular weight excluding hydrogens is 284 g/mol. The zero-order valence-electron chi connectivity index (χ0n) is 12.2. The second-order valence-electron chi connectivity index (χ2n) is 4.70. The van der Waals surface area contributed by atoms with E-state index in [-0.39, 0.29) is 18.0 Å². The van der Waals surface area contributed by atoms with Crippen LogP contribution < -0.4 is 5.32 Å². The van der Waals surface area contributed by atoms with Gasteiger partial charge in [-0.25, -0.2) is 4.79 Å². The minimum absolute atomic E-state index is 0.143. The van der Waals surface area contributed by atoms with Crippen molar-refractivity contribution >= 4 is 23.7 Å². The number of nitrogens with zero attached hydrogens (tertiary/aromatic N) is 1. The summed E-state index contributed by atoms with van der Waals surface area (Å²) < 4.78 is 0. The van der Waals surface area contributed by atoms with Crippen LogP contribution in [-0.4, -0.2) is 29.6 Å². The zero-order chi connectivity index (χ0) is 15.2. The normalized spacial score (nSPS) is 18.0. The van der Waals surface area contributed by atoms with Crippen molar-refractivity contribution < 1.29 is 9.59 Å². The SMILES string of the molecule is CC#CCCN1C(=O)CC(c2ccc(SC)cc2)NC1=O. The van der Waals surface area contributed by atoms with Gasteiger partial charge in [-0.1, -0.05) is 12.1 Å². The fourth-order valence-corrected chi connectivity index (χ4v) is 2.64. The third-order valence-corrected chi connectivity index (χ3v) is 4.12. The molecule has 1 atom stereocenters. The van der Waals surface area contributed by atoms with Crippen LogP contribution >= 0.6 is 11.8 Å². The van der Waals surface area contributed by atoms with Gasteiger partial charge in [0.25, 0.3) is 0 Å². The molecule has 0 aromatic heterocycles. The van der Waals surface area contributed by atoms with E-state index in [0.29, 0.717) is 19.4 Å². The molecule has 1 fully saturated rings. The van der Waals surface area contributed by atoms with E-state index in [2.05, 4.69) is 17.2 Å². The highest BCUT2D eigenvalue weighted by molar-refractivity contribution is 7.98. The zero-order valence-corrected chi connectivity index (χ0v) is 13.0. The van der Waals surface area contributed by atoms with Gasteiger partial charge in [0.15, 0.2) is 0 Å². The fourth-order valence-electron chi connectivity index (χ4n) is 2.23. The molecule has 1 unspecified atom stereocenters. The van der Waals surface area contributed by atoms with Gasteiger partial charge >= 0.3 is 6.03 Å². The lowest BCUT2D eigenvalue weighted by atomic mass is 10.0. The molecule has 1 aromatic carbocycles. The highest BCUT2D eigenvalue weighted by Gasteiger charge is 2.32. The first-order valence-electron chi connectivity index (χ1n) is 6.80. The van der Waals surface area contributed by atoms with Gasteiger partial charge in [0, 0.05) is 17.9 Å². The number of hydrogen-bond donors (Lipinski definition) is 1. The second-order valence-corrected chi connectivity index (χ2v) is 5.58. The van der Waals surface area contributed by atoms with Crippen LogP contribution in [0.25, 0.3) is 0 Å². The molecule has 1 heterocycles. The average molecular weight is 302 g/mol. The first-order valence-corrected chi connectivity index (χ1v) is 8.02. The van der Waals surface area contributed by atoms with Crippen molar-refractivity contribution in [3.8, 4) is 11.8 Å². The maximum Gasteiger partial charge on any atom is 0.324 e. The van der Waals surface area contributed by atoms with E-state index < -0.39 is 0 Å². The Bertz CT molecular complexity index is 569. The Hall–Kier alpha value is -1.93. The van der Waals surface area contributed by atoms with E-state index in [9.17, 15) is 9.59 Å². The molecule has 0 bridgehead atoms. The van der Waals surface area contributed by atoms with E-state index in [0.717, 1.165) is 10.5 Å². The van der Waals surface area contributed by atoms with Crippen LogP contribution in [0.5, 0.6) is 0 Å². The summed E-state index contributed by atoms with van der Waals surface area (Å²) in [5.41, 5.74) is 0.961. The van der Waals surface area contributed by atoms with Crippen LogP contribution in [-0.2, 0) is 4.79 Å². The predicted molar refractivity (Wildman–Crippen MR) is 83.9 cm³/mol. The Kier molecular flexibility index (Phi) is 5.29. The Morgan fingerprint density at radius 1 is 1.33 bits per heavy atom. The van der Waals surface area contributed by atoms with Crippen LogP contribution in [0.4, 0.5) is 4.79 Å². The lowest BCUT2D eigenvalue weighted by Crippen LogP contribution is -2.51. The molecule has 1 aliphatic rings. The standard InChI is InChI=1S/C16H18N2O2S/c1-3-4-5-10-18-15(19)11-14(17-16(18)20)12-6-8-13(21-2)9-7-12/h6-9,14H,5,10-11H2,1-2H3,(H,17,20). The van der Waals surface area contributed by atoms with Crippen molar-refractivity contribution in [2.24, 2.45) is 0 Å². The molecular formula is C16H18N2O2S. The topological polar surface area (TPSA) is 49.4 Å². The average Bonchev–Trinajstić information content (AvgIpc) is 2.50. The van der Waals surface area contributed by atoms with E-state index in [4.69, 9.17) is 0 Å². The molecule has 0 radical (unpaired) electrons. The first kappa shape index (κ1) is 15.5. The third-order valence-electron chi connectivity index (χ3n) is 3.38. The van der Waals surface area contributed by atoms with E-state index in [1.165, 1.54) is 4.90 Å². The number of thioether (sulfide) groups is 1. The Morgan fingerprint density at radius 3 is 2.62 bits per heavy atom. The predicted octanol–water partition coefficient (Wildman–Crippen LogP) is 2.80. The Morgan fingerprint density at radius 2 is 2.05 bits per heavy atom. The van der Waals surface area contributed by atoms with Crippen LogP contribution in [0.15, 0.2) is 29.2 Å². The number of nitrogens with one attached hydrogen (secondary N) is 1. The van der Waals surface area contributed by atoms with Gasteiger partial charge in [0.1, 0.15) is 0 Å². The molecule has 3 amide bonds. The van der Waals surface area contributed by atoms with E-state index >= 15 is 0 Å². The third kappa shape index (κ3) is 3.79. The fraction of sp³-hybridized carbons (Fsp3) is 0.375. The number of hydrogen-bond acceptors (Lipinski definition) is 3. The molecule has 5 heteroatoms. The number of carbonyl (C=O) groups is 2. The highest BCUT2D eigenvalue weighted by Crippen LogP contribution is 2.24. The molecule has 1 N–H and O–H groups in total. The van der Waals surface area contributed by atoms with Crippen LogP contribution in [0.1, 0.15) is 31.4 Å². The van der Waals surface area contributed by atoms with Gasteiger partial charge in [-0.3, -0.25) is 9.69 Å². The minimum atomic E-state index is -0.330. The van der Waals surface area contributed by atoms with E-state index in [1.54, 1.807) is 18.7 Å². The number of carbonyl (C=O) groups excluding carboxylic acids is 2. The summed E-state index contributed by atoms with van der Waals surface area (Å²) in [6.45, 7) is 2.09. The van der Waals surface area contributed by atoms with Gasteiger partial charge in [-0.15, -0.1) is 23.6 Å². The Labute approximate surface area is 129 Å². The molecule has 1 saturated heterocycles. The van der Waals surface area contributed by atoms with Gasteiger partial charge in [0.2, 0.25) is 5.91 Å². The first-order chi connectivity index (χ1) is 10.2. The summed E-state index contributed by atoms with van der Waals surface area (Å²) in [5, 5.41) is 2.89. The monoisotopic (exact) mass is 302 g/mol. The summed E-state index contributed by atoms with van der Waals surface area (Å²) >= 11 is 1.66. The summed E-state index contributed by atoms with van der Waals surface area (Å²) in [5.74, 6) is 5.48. The van der Waals surface area contributed by atoms with E-state index in [1.807, 2.05) is 30.5 Å². The number of benzene rings is 1. The minimum Gasteiger partial charge on any atom is -0.330 e. The van der Waals surface area contributed by atoms with Gasteiger partial charge < -0.3 is 5.32 Å². The van der Waals surface area contributed by atoms with Gasteiger partial charge in [-0.2, -0.15) is 0 Å². The van der Waals surface area contributed by atoms with Crippen molar-refractivity contribution in [1.29, 1.82) is 0 Å². The quantitative estimate of drug-likeness (QED) is 0.687. The van der Waals surface area contributed by atoms with Crippen LogP contribution in [0.2, 0.25) is 0 Å². The molecule has 0 aliphatic carbocycles. The largest absolute Gasteiger partial charge is 0.330 e. The summed E-state index contributed by atoms with van der Waals surface area (Å²) in [6, 6.07) is 7.35. The molecule has 4 nitrogen and oxygen atoms in total. The van der Waals surface area contributed by atoms with Crippen molar-refractivity contribution in [3.63, 3.8) is 0 Å². The molecule has 0 spiro atoms. The molecule has 1 aliphatic heterocycles. The summed E-state index contributed by atoms with van der Waals surface area (Å²) in [7, 11) is 0. The van der Waals surface area contributed by atoms with Crippen molar-refractivity contribution in [1.82, 2.24) is 10.2 Å².